The average Bonchev–Trinajstić information content (AvgIpc) is 2.50. The normalized spacial score (nSPS) is 12.3. The molecule has 0 bridgehead atoms. The van der Waals surface area contributed by atoms with Gasteiger partial charge in [0.1, 0.15) is 6.61 Å². The van der Waals surface area contributed by atoms with Gasteiger partial charge in [-0.2, -0.15) is 13.2 Å². The summed E-state index contributed by atoms with van der Waals surface area (Å²) in [6.45, 7) is 4.70. The van der Waals surface area contributed by atoms with Crippen LogP contribution < -0.4 is 5.32 Å². The number of hydrogen-bond acceptors (Lipinski definition) is 2. The average molecular weight is 345 g/mol. The molecule has 0 aliphatic carbocycles. The van der Waals surface area contributed by atoms with Crippen LogP contribution in [0.2, 0.25) is 0 Å². The van der Waals surface area contributed by atoms with E-state index >= 15 is 0 Å². The standard InChI is InChI=1S/C17H26F3N3O/c1-4-21-16(22-10-5-11-24-13-17(18,19)20)23(3)12-15-8-6-14(2)7-9-15/h6-9H,4-5,10-13H2,1-3H3,(H,21,22). The third-order valence-corrected chi connectivity index (χ3v) is 3.21. The molecule has 0 saturated carbocycles. The third-order valence-electron chi connectivity index (χ3n) is 3.21. The number of nitrogens with one attached hydrogen (secondary N) is 1. The largest absolute Gasteiger partial charge is 0.411 e. The summed E-state index contributed by atoms with van der Waals surface area (Å²) in [5.74, 6) is 0.730. The monoisotopic (exact) mass is 345 g/mol. The van der Waals surface area contributed by atoms with Crippen molar-refractivity contribution >= 4 is 5.96 Å². The van der Waals surface area contributed by atoms with Gasteiger partial charge >= 0.3 is 6.18 Å². The summed E-state index contributed by atoms with van der Waals surface area (Å²) in [7, 11) is 1.93. The lowest BCUT2D eigenvalue weighted by atomic mass is 10.1. The van der Waals surface area contributed by atoms with Crippen molar-refractivity contribution in [2.75, 3.05) is 33.4 Å². The van der Waals surface area contributed by atoms with Crippen molar-refractivity contribution in [2.24, 2.45) is 4.99 Å². The molecule has 136 valence electrons. The highest BCUT2D eigenvalue weighted by Gasteiger charge is 2.27. The highest BCUT2D eigenvalue weighted by Crippen LogP contribution is 2.14. The molecule has 1 rings (SSSR count). The van der Waals surface area contributed by atoms with Crippen LogP contribution in [-0.2, 0) is 11.3 Å². The van der Waals surface area contributed by atoms with Crippen molar-refractivity contribution in [1.82, 2.24) is 10.2 Å². The molecule has 1 aromatic rings. The second kappa shape index (κ2) is 10.2. The Balaban J connectivity index is 2.44. The molecule has 0 aliphatic rings. The quantitative estimate of drug-likeness (QED) is 0.446. The number of aryl methyl sites for hydroxylation is 1. The first-order chi connectivity index (χ1) is 11.3. The van der Waals surface area contributed by atoms with Gasteiger partial charge in [-0.1, -0.05) is 29.8 Å². The summed E-state index contributed by atoms with van der Waals surface area (Å²) >= 11 is 0. The zero-order valence-electron chi connectivity index (χ0n) is 14.5. The first kappa shape index (κ1) is 20.3. The van der Waals surface area contributed by atoms with E-state index in [4.69, 9.17) is 0 Å². The maximum Gasteiger partial charge on any atom is 0.411 e. The predicted molar refractivity (Wildman–Crippen MR) is 90.1 cm³/mol. The van der Waals surface area contributed by atoms with E-state index in [1.165, 1.54) is 11.1 Å². The van der Waals surface area contributed by atoms with E-state index in [-0.39, 0.29) is 6.61 Å². The first-order valence-electron chi connectivity index (χ1n) is 8.01. The van der Waals surface area contributed by atoms with E-state index < -0.39 is 12.8 Å². The molecule has 0 saturated heterocycles. The molecule has 0 radical (unpaired) electrons. The van der Waals surface area contributed by atoms with Gasteiger partial charge in [-0.3, -0.25) is 4.99 Å². The number of rotatable bonds is 8. The van der Waals surface area contributed by atoms with Crippen LogP contribution in [0.5, 0.6) is 0 Å². The van der Waals surface area contributed by atoms with E-state index in [2.05, 4.69) is 39.3 Å². The number of alkyl halides is 3. The summed E-state index contributed by atoms with van der Waals surface area (Å²) in [5.41, 5.74) is 2.38. The fourth-order valence-corrected chi connectivity index (χ4v) is 2.05. The zero-order valence-corrected chi connectivity index (χ0v) is 14.5. The van der Waals surface area contributed by atoms with Crippen LogP contribution >= 0.6 is 0 Å². The Kier molecular flexibility index (Phi) is 8.60. The molecule has 0 aliphatic heterocycles. The molecule has 0 amide bonds. The van der Waals surface area contributed by atoms with Gasteiger partial charge in [0.05, 0.1) is 0 Å². The molecule has 1 N–H and O–H groups in total. The Morgan fingerprint density at radius 1 is 1.25 bits per heavy atom. The fourth-order valence-electron chi connectivity index (χ4n) is 2.05. The molecule has 0 atom stereocenters. The zero-order chi connectivity index (χ0) is 18.0. The van der Waals surface area contributed by atoms with Crippen molar-refractivity contribution in [3.63, 3.8) is 0 Å². The minimum absolute atomic E-state index is 0.0457. The molecular formula is C17H26F3N3O. The Bertz CT molecular complexity index is 501. The maximum atomic E-state index is 12.0. The molecule has 0 spiro atoms. The van der Waals surface area contributed by atoms with E-state index in [0.29, 0.717) is 19.5 Å². The minimum atomic E-state index is -4.27. The van der Waals surface area contributed by atoms with Crippen molar-refractivity contribution < 1.29 is 17.9 Å². The van der Waals surface area contributed by atoms with Gasteiger partial charge < -0.3 is 15.0 Å². The van der Waals surface area contributed by atoms with Crippen molar-refractivity contribution in [3.8, 4) is 0 Å². The molecule has 0 fully saturated rings. The number of ether oxygens (including phenoxy) is 1. The van der Waals surface area contributed by atoms with Gasteiger partial charge in [0, 0.05) is 33.3 Å². The Morgan fingerprint density at radius 3 is 2.50 bits per heavy atom. The highest BCUT2D eigenvalue weighted by atomic mass is 19.4. The van der Waals surface area contributed by atoms with Crippen molar-refractivity contribution in [2.45, 2.75) is 33.0 Å². The van der Waals surface area contributed by atoms with Gasteiger partial charge in [0.15, 0.2) is 5.96 Å². The summed E-state index contributed by atoms with van der Waals surface area (Å²) in [4.78, 5) is 6.42. The second-order valence-corrected chi connectivity index (χ2v) is 5.60. The molecule has 7 heteroatoms. The van der Waals surface area contributed by atoms with Gasteiger partial charge in [-0.15, -0.1) is 0 Å². The summed E-state index contributed by atoms with van der Waals surface area (Å²) < 4.78 is 40.5. The molecule has 4 nitrogen and oxygen atoms in total. The topological polar surface area (TPSA) is 36.9 Å². The van der Waals surface area contributed by atoms with Gasteiger partial charge in [-0.25, -0.2) is 0 Å². The van der Waals surface area contributed by atoms with Gasteiger partial charge in [0.25, 0.3) is 0 Å². The Hall–Kier alpha value is -1.76. The lowest BCUT2D eigenvalue weighted by Gasteiger charge is -2.22. The van der Waals surface area contributed by atoms with E-state index in [9.17, 15) is 13.2 Å². The Labute approximate surface area is 141 Å². The number of nitrogens with zero attached hydrogens (tertiary/aromatic N) is 2. The van der Waals surface area contributed by atoms with Crippen LogP contribution in [0.25, 0.3) is 0 Å². The predicted octanol–water partition coefficient (Wildman–Crippen LogP) is 3.36. The summed E-state index contributed by atoms with van der Waals surface area (Å²) in [6.07, 6.45) is -3.82. The lowest BCUT2D eigenvalue weighted by Crippen LogP contribution is -2.38. The van der Waals surface area contributed by atoms with Crippen LogP contribution in [-0.4, -0.2) is 50.4 Å². The highest BCUT2D eigenvalue weighted by molar-refractivity contribution is 5.79. The van der Waals surface area contributed by atoms with Crippen LogP contribution in [0.4, 0.5) is 13.2 Å². The Morgan fingerprint density at radius 2 is 1.92 bits per heavy atom. The smallest absolute Gasteiger partial charge is 0.372 e. The fraction of sp³-hybridized carbons (Fsp3) is 0.588. The molecule has 0 aromatic heterocycles. The van der Waals surface area contributed by atoms with Crippen LogP contribution in [0.1, 0.15) is 24.5 Å². The lowest BCUT2D eigenvalue weighted by molar-refractivity contribution is -0.173. The first-order valence-corrected chi connectivity index (χ1v) is 8.01. The van der Waals surface area contributed by atoms with E-state index in [0.717, 1.165) is 12.5 Å². The molecule has 1 aromatic carbocycles. The van der Waals surface area contributed by atoms with E-state index in [1.54, 1.807) is 0 Å². The minimum Gasteiger partial charge on any atom is -0.372 e. The number of aliphatic imine (C=N–C) groups is 1. The molecule has 0 unspecified atom stereocenters. The van der Waals surface area contributed by atoms with Gasteiger partial charge in [0.2, 0.25) is 0 Å². The molecule has 0 heterocycles. The SMILES string of the molecule is CCNC(=NCCCOCC(F)(F)F)N(C)Cc1ccc(C)cc1. The summed E-state index contributed by atoms with van der Waals surface area (Å²) in [6, 6.07) is 8.26. The number of hydrogen-bond donors (Lipinski definition) is 1. The van der Waals surface area contributed by atoms with Gasteiger partial charge in [-0.05, 0) is 25.8 Å². The van der Waals surface area contributed by atoms with Crippen molar-refractivity contribution in [3.05, 3.63) is 35.4 Å². The number of halogens is 3. The molecular weight excluding hydrogens is 319 g/mol. The van der Waals surface area contributed by atoms with E-state index in [1.807, 2.05) is 25.8 Å². The van der Waals surface area contributed by atoms with Crippen LogP contribution in [0.15, 0.2) is 29.3 Å². The number of benzene rings is 1. The van der Waals surface area contributed by atoms with Crippen LogP contribution in [0.3, 0.4) is 0 Å². The van der Waals surface area contributed by atoms with Crippen LogP contribution in [0, 0.1) is 6.92 Å². The maximum absolute atomic E-state index is 12.0. The number of guanidine groups is 1. The third kappa shape index (κ3) is 8.76. The molecule has 24 heavy (non-hydrogen) atoms. The summed E-state index contributed by atoms with van der Waals surface area (Å²) in [5, 5.41) is 3.18. The van der Waals surface area contributed by atoms with Crippen molar-refractivity contribution in [1.29, 1.82) is 0 Å². The second-order valence-electron chi connectivity index (χ2n) is 5.60.